The summed E-state index contributed by atoms with van der Waals surface area (Å²) in [4.78, 5) is 10.7. The summed E-state index contributed by atoms with van der Waals surface area (Å²) >= 11 is 0. The van der Waals surface area contributed by atoms with Crippen molar-refractivity contribution in [2.24, 2.45) is 0 Å². The van der Waals surface area contributed by atoms with Crippen LogP contribution in [-0.4, -0.2) is 30.3 Å². The SMILES string of the molecule is O=C(O)N[C@H]1CNCC[C@@H]1c1cc(F)ccc1F. The fourth-order valence-electron chi connectivity index (χ4n) is 2.34. The third kappa shape index (κ3) is 2.76. The van der Waals surface area contributed by atoms with Crippen LogP contribution in [0, 0.1) is 11.6 Å². The minimum atomic E-state index is -1.16. The van der Waals surface area contributed by atoms with Gasteiger partial charge >= 0.3 is 6.09 Å². The van der Waals surface area contributed by atoms with E-state index in [1.165, 1.54) is 0 Å². The lowest BCUT2D eigenvalue weighted by Crippen LogP contribution is -2.49. The van der Waals surface area contributed by atoms with Gasteiger partial charge in [0.05, 0.1) is 6.04 Å². The van der Waals surface area contributed by atoms with Crippen molar-refractivity contribution in [2.45, 2.75) is 18.4 Å². The Morgan fingerprint density at radius 2 is 2.22 bits per heavy atom. The maximum atomic E-state index is 13.7. The monoisotopic (exact) mass is 256 g/mol. The lowest BCUT2D eigenvalue weighted by Gasteiger charge is -2.32. The van der Waals surface area contributed by atoms with Crippen LogP contribution in [0.15, 0.2) is 18.2 Å². The van der Waals surface area contributed by atoms with Crippen LogP contribution in [0.3, 0.4) is 0 Å². The Kier molecular flexibility index (Phi) is 3.76. The van der Waals surface area contributed by atoms with Crippen molar-refractivity contribution < 1.29 is 18.7 Å². The molecule has 4 nitrogen and oxygen atoms in total. The van der Waals surface area contributed by atoms with Crippen LogP contribution in [0.4, 0.5) is 13.6 Å². The van der Waals surface area contributed by atoms with Gasteiger partial charge in [-0.15, -0.1) is 0 Å². The van der Waals surface area contributed by atoms with E-state index >= 15 is 0 Å². The molecule has 0 bridgehead atoms. The Hall–Kier alpha value is -1.69. The first-order valence-electron chi connectivity index (χ1n) is 5.73. The Balaban J connectivity index is 2.27. The van der Waals surface area contributed by atoms with E-state index in [-0.39, 0.29) is 11.5 Å². The number of hydrogen-bond donors (Lipinski definition) is 3. The van der Waals surface area contributed by atoms with Crippen LogP contribution in [0.25, 0.3) is 0 Å². The van der Waals surface area contributed by atoms with E-state index in [9.17, 15) is 13.6 Å². The Morgan fingerprint density at radius 3 is 2.94 bits per heavy atom. The van der Waals surface area contributed by atoms with Crippen molar-refractivity contribution in [3.05, 3.63) is 35.4 Å². The molecule has 2 rings (SSSR count). The highest BCUT2D eigenvalue weighted by Crippen LogP contribution is 2.28. The van der Waals surface area contributed by atoms with Crippen LogP contribution in [0.1, 0.15) is 17.9 Å². The van der Waals surface area contributed by atoms with Crippen molar-refractivity contribution in [3.8, 4) is 0 Å². The van der Waals surface area contributed by atoms with Crippen molar-refractivity contribution in [3.63, 3.8) is 0 Å². The summed E-state index contributed by atoms with van der Waals surface area (Å²) in [5.41, 5.74) is 0.232. The number of amides is 1. The third-order valence-electron chi connectivity index (χ3n) is 3.15. The van der Waals surface area contributed by atoms with Crippen LogP contribution < -0.4 is 10.6 Å². The predicted molar refractivity (Wildman–Crippen MR) is 61.5 cm³/mol. The van der Waals surface area contributed by atoms with E-state index in [1.54, 1.807) is 0 Å². The molecular weight excluding hydrogens is 242 g/mol. The van der Waals surface area contributed by atoms with Gasteiger partial charge < -0.3 is 15.7 Å². The number of nitrogens with one attached hydrogen (secondary N) is 2. The van der Waals surface area contributed by atoms with Crippen LogP contribution in [0.5, 0.6) is 0 Å². The predicted octanol–water partition coefficient (Wildman–Crippen LogP) is 1.68. The van der Waals surface area contributed by atoms with Gasteiger partial charge in [-0.25, -0.2) is 13.6 Å². The summed E-state index contributed by atoms with van der Waals surface area (Å²) in [6.07, 6.45) is -0.601. The number of halogens is 2. The van der Waals surface area contributed by atoms with E-state index < -0.39 is 23.8 Å². The van der Waals surface area contributed by atoms with Gasteiger partial charge in [0.1, 0.15) is 11.6 Å². The molecule has 2 atom stereocenters. The zero-order valence-electron chi connectivity index (χ0n) is 9.62. The molecular formula is C12H14F2N2O2. The lowest BCUT2D eigenvalue weighted by atomic mass is 9.85. The second-order valence-corrected chi connectivity index (χ2v) is 4.32. The summed E-state index contributed by atoms with van der Waals surface area (Å²) in [5.74, 6) is -1.36. The minimum absolute atomic E-state index is 0.232. The van der Waals surface area contributed by atoms with Gasteiger partial charge in [-0.05, 0) is 36.7 Å². The number of hydrogen-bond acceptors (Lipinski definition) is 2. The highest BCUT2D eigenvalue weighted by Gasteiger charge is 2.29. The molecule has 1 aliphatic rings. The van der Waals surface area contributed by atoms with Gasteiger partial charge in [-0.1, -0.05) is 0 Å². The van der Waals surface area contributed by atoms with E-state index in [1.807, 2.05) is 0 Å². The smallest absolute Gasteiger partial charge is 0.404 e. The summed E-state index contributed by atoms with van der Waals surface area (Å²) in [6.45, 7) is 1.06. The normalized spacial score (nSPS) is 23.7. The zero-order chi connectivity index (χ0) is 13.1. The molecule has 0 aromatic heterocycles. The summed E-state index contributed by atoms with van der Waals surface area (Å²) in [5, 5.41) is 14.1. The first-order valence-corrected chi connectivity index (χ1v) is 5.73. The Labute approximate surface area is 103 Å². The van der Waals surface area contributed by atoms with Gasteiger partial charge in [-0.2, -0.15) is 0 Å². The van der Waals surface area contributed by atoms with Gasteiger partial charge in [0.2, 0.25) is 0 Å². The molecule has 0 radical (unpaired) electrons. The molecule has 0 saturated carbocycles. The molecule has 0 unspecified atom stereocenters. The fourth-order valence-corrected chi connectivity index (χ4v) is 2.34. The third-order valence-corrected chi connectivity index (χ3v) is 3.15. The molecule has 1 aliphatic heterocycles. The summed E-state index contributed by atoms with van der Waals surface area (Å²) in [7, 11) is 0. The van der Waals surface area contributed by atoms with Crippen molar-refractivity contribution in [1.82, 2.24) is 10.6 Å². The summed E-state index contributed by atoms with van der Waals surface area (Å²) < 4.78 is 26.9. The highest BCUT2D eigenvalue weighted by molar-refractivity contribution is 5.65. The van der Waals surface area contributed by atoms with Crippen molar-refractivity contribution in [1.29, 1.82) is 0 Å². The van der Waals surface area contributed by atoms with Crippen molar-refractivity contribution in [2.75, 3.05) is 13.1 Å². The molecule has 0 aliphatic carbocycles. The van der Waals surface area contributed by atoms with Crippen LogP contribution >= 0.6 is 0 Å². The molecule has 6 heteroatoms. The largest absolute Gasteiger partial charge is 0.465 e. The van der Waals surface area contributed by atoms with E-state index in [0.717, 1.165) is 18.2 Å². The van der Waals surface area contributed by atoms with Gasteiger partial charge in [0, 0.05) is 12.5 Å². The average Bonchev–Trinajstić information content (AvgIpc) is 2.32. The summed E-state index contributed by atoms with van der Waals surface area (Å²) in [6, 6.07) is 2.82. The maximum Gasteiger partial charge on any atom is 0.404 e. The topological polar surface area (TPSA) is 61.4 Å². The molecule has 1 fully saturated rings. The molecule has 1 amide bonds. The van der Waals surface area contributed by atoms with Gasteiger partial charge in [-0.3, -0.25) is 0 Å². The molecule has 98 valence electrons. The Bertz CT molecular complexity index is 454. The molecule has 0 spiro atoms. The van der Waals surface area contributed by atoms with Gasteiger partial charge in [0.15, 0.2) is 0 Å². The first kappa shape index (κ1) is 12.8. The molecule has 1 heterocycles. The molecule has 1 aromatic rings. The van der Waals surface area contributed by atoms with Crippen molar-refractivity contribution >= 4 is 6.09 Å². The maximum absolute atomic E-state index is 13.7. The highest BCUT2D eigenvalue weighted by atomic mass is 19.1. The van der Waals surface area contributed by atoms with E-state index in [2.05, 4.69) is 10.6 Å². The molecule has 18 heavy (non-hydrogen) atoms. The van der Waals surface area contributed by atoms with Gasteiger partial charge in [0.25, 0.3) is 0 Å². The van der Waals surface area contributed by atoms with E-state index in [4.69, 9.17) is 5.11 Å². The second kappa shape index (κ2) is 5.30. The Morgan fingerprint density at radius 1 is 1.44 bits per heavy atom. The fraction of sp³-hybridized carbons (Fsp3) is 0.417. The van der Waals surface area contributed by atoms with E-state index in [0.29, 0.717) is 19.5 Å². The standard InChI is InChI=1S/C12H14F2N2O2/c13-7-1-2-10(14)9(5-7)8-3-4-15-6-11(8)16-12(17)18/h1-2,5,8,11,15-16H,3-4,6H2,(H,17,18)/t8-,11+/m1/s1. The minimum Gasteiger partial charge on any atom is -0.465 e. The lowest BCUT2D eigenvalue weighted by molar-refractivity contribution is 0.184. The van der Waals surface area contributed by atoms with Crippen LogP contribution in [0.2, 0.25) is 0 Å². The quantitative estimate of drug-likeness (QED) is 0.754. The molecule has 1 aromatic carbocycles. The molecule has 3 N–H and O–H groups in total. The molecule has 1 saturated heterocycles. The number of benzene rings is 1. The zero-order valence-corrected chi connectivity index (χ0v) is 9.62. The number of carbonyl (C=O) groups is 1. The van der Waals surface area contributed by atoms with Crippen LogP contribution in [-0.2, 0) is 0 Å². The number of carboxylic acid groups (broad SMARTS) is 1. The second-order valence-electron chi connectivity index (χ2n) is 4.32. The number of rotatable bonds is 2. The first-order chi connectivity index (χ1) is 8.58. The number of piperidine rings is 1. The average molecular weight is 256 g/mol.